The van der Waals surface area contributed by atoms with Gasteiger partial charge in [-0.2, -0.15) is 0 Å². The number of nitrogens with one attached hydrogen (secondary N) is 1. The van der Waals surface area contributed by atoms with Crippen molar-refractivity contribution in [2.24, 2.45) is 0 Å². The average molecular weight is 365 g/mol. The van der Waals surface area contributed by atoms with E-state index in [0.29, 0.717) is 18.5 Å². The molecule has 0 radical (unpaired) electrons. The molecule has 1 aliphatic rings. The van der Waals surface area contributed by atoms with Gasteiger partial charge in [0.15, 0.2) is 0 Å². The van der Waals surface area contributed by atoms with E-state index in [1.54, 1.807) is 11.6 Å². The van der Waals surface area contributed by atoms with Gasteiger partial charge < -0.3 is 10.2 Å². The molecule has 4 rings (SSSR count). The first kappa shape index (κ1) is 16.7. The Labute approximate surface area is 155 Å². The van der Waals surface area contributed by atoms with Crippen molar-refractivity contribution in [1.82, 2.24) is 9.88 Å². The van der Waals surface area contributed by atoms with Crippen molar-refractivity contribution in [3.63, 3.8) is 0 Å². The van der Waals surface area contributed by atoms with Crippen LogP contribution >= 0.6 is 11.3 Å². The Balaban J connectivity index is 1.53. The van der Waals surface area contributed by atoms with E-state index in [-0.39, 0.29) is 11.8 Å². The first-order valence-corrected chi connectivity index (χ1v) is 9.56. The largest absolute Gasteiger partial charge is 0.338 e. The van der Waals surface area contributed by atoms with Crippen LogP contribution in [0.4, 0.5) is 5.69 Å². The number of thiazole rings is 1. The van der Waals surface area contributed by atoms with Crippen LogP contribution in [0.1, 0.15) is 34.8 Å². The SMILES string of the molecule is CCC(=O)N1CCc2ccc(NC(=O)c3ccc4ncsc4c3)cc2C1. The lowest BCUT2D eigenvalue weighted by Crippen LogP contribution is -2.35. The minimum Gasteiger partial charge on any atom is -0.338 e. The lowest BCUT2D eigenvalue weighted by molar-refractivity contribution is -0.131. The summed E-state index contributed by atoms with van der Waals surface area (Å²) in [5.74, 6) is 0.0282. The number of benzene rings is 2. The molecular formula is C20H19N3O2S. The molecule has 0 atom stereocenters. The van der Waals surface area contributed by atoms with Crippen LogP contribution in [0.5, 0.6) is 0 Å². The van der Waals surface area contributed by atoms with E-state index in [9.17, 15) is 9.59 Å². The van der Waals surface area contributed by atoms with E-state index in [0.717, 1.165) is 34.4 Å². The fraction of sp³-hybridized carbons (Fsp3) is 0.250. The Hall–Kier alpha value is -2.73. The molecule has 6 heteroatoms. The molecule has 1 aliphatic heterocycles. The molecule has 0 bridgehead atoms. The van der Waals surface area contributed by atoms with Gasteiger partial charge in [-0.3, -0.25) is 9.59 Å². The highest BCUT2D eigenvalue weighted by atomic mass is 32.1. The summed E-state index contributed by atoms with van der Waals surface area (Å²) in [7, 11) is 0. The molecule has 1 N–H and O–H groups in total. The molecule has 0 aliphatic carbocycles. The maximum absolute atomic E-state index is 12.6. The maximum Gasteiger partial charge on any atom is 0.255 e. The quantitative estimate of drug-likeness (QED) is 0.767. The molecule has 132 valence electrons. The lowest BCUT2D eigenvalue weighted by Gasteiger charge is -2.29. The number of hydrogen-bond acceptors (Lipinski definition) is 4. The molecule has 0 fully saturated rings. The van der Waals surface area contributed by atoms with Crippen LogP contribution in [-0.2, 0) is 17.8 Å². The minimum atomic E-state index is -0.141. The van der Waals surface area contributed by atoms with Crippen LogP contribution in [0.2, 0.25) is 0 Å². The van der Waals surface area contributed by atoms with Gasteiger partial charge >= 0.3 is 0 Å². The van der Waals surface area contributed by atoms with E-state index in [4.69, 9.17) is 0 Å². The number of anilines is 1. The van der Waals surface area contributed by atoms with Gasteiger partial charge in [-0.1, -0.05) is 13.0 Å². The Kier molecular flexibility index (Phi) is 4.42. The Morgan fingerprint density at radius 3 is 2.92 bits per heavy atom. The summed E-state index contributed by atoms with van der Waals surface area (Å²) in [6.07, 6.45) is 1.38. The molecule has 1 aromatic heterocycles. The number of aromatic nitrogens is 1. The van der Waals surface area contributed by atoms with Gasteiger partial charge in [0.2, 0.25) is 5.91 Å². The molecule has 0 unspecified atom stereocenters. The van der Waals surface area contributed by atoms with Gasteiger partial charge in [0.05, 0.1) is 15.7 Å². The molecule has 26 heavy (non-hydrogen) atoms. The summed E-state index contributed by atoms with van der Waals surface area (Å²) < 4.78 is 0.997. The highest BCUT2D eigenvalue weighted by Gasteiger charge is 2.20. The van der Waals surface area contributed by atoms with Crippen LogP contribution in [0.25, 0.3) is 10.2 Å². The molecule has 3 aromatic rings. The van der Waals surface area contributed by atoms with Gasteiger partial charge in [-0.15, -0.1) is 11.3 Å². The molecular weight excluding hydrogens is 346 g/mol. The number of hydrogen-bond donors (Lipinski definition) is 1. The Morgan fingerprint density at radius 1 is 1.19 bits per heavy atom. The molecule has 0 spiro atoms. The molecule has 2 amide bonds. The minimum absolute atomic E-state index is 0.141. The third-order valence-corrected chi connectivity index (χ3v) is 5.52. The molecule has 0 saturated carbocycles. The predicted octanol–water partition coefficient (Wildman–Crippen LogP) is 3.84. The first-order valence-electron chi connectivity index (χ1n) is 8.68. The van der Waals surface area contributed by atoms with E-state index in [1.807, 2.05) is 42.2 Å². The number of nitrogens with zero attached hydrogens (tertiary/aromatic N) is 2. The van der Waals surface area contributed by atoms with Crippen molar-refractivity contribution in [2.75, 3.05) is 11.9 Å². The summed E-state index contributed by atoms with van der Waals surface area (Å²) in [6, 6.07) is 11.5. The number of carbonyl (C=O) groups excluding carboxylic acids is 2. The normalized spacial score (nSPS) is 13.5. The second-order valence-corrected chi connectivity index (χ2v) is 7.28. The van der Waals surface area contributed by atoms with Crippen molar-refractivity contribution < 1.29 is 9.59 Å². The van der Waals surface area contributed by atoms with Gasteiger partial charge in [0, 0.05) is 30.8 Å². The van der Waals surface area contributed by atoms with Crippen LogP contribution in [-0.4, -0.2) is 28.2 Å². The molecule has 5 nitrogen and oxygen atoms in total. The van der Waals surface area contributed by atoms with E-state index in [1.165, 1.54) is 16.9 Å². The average Bonchev–Trinajstić information content (AvgIpc) is 3.14. The summed E-state index contributed by atoms with van der Waals surface area (Å²) >= 11 is 1.52. The highest BCUT2D eigenvalue weighted by Crippen LogP contribution is 2.24. The summed E-state index contributed by atoms with van der Waals surface area (Å²) in [6.45, 7) is 3.26. The van der Waals surface area contributed by atoms with Gasteiger partial charge in [-0.05, 0) is 47.9 Å². The van der Waals surface area contributed by atoms with Crippen molar-refractivity contribution in [1.29, 1.82) is 0 Å². The monoisotopic (exact) mass is 365 g/mol. The van der Waals surface area contributed by atoms with Crippen LogP contribution < -0.4 is 5.32 Å². The van der Waals surface area contributed by atoms with E-state index in [2.05, 4.69) is 10.3 Å². The fourth-order valence-electron chi connectivity index (χ4n) is 3.27. The first-order chi connectivity index (χ1) is 12.6. The van der Waals surface area contributed by atoms with Crippen molar-refractivity contribution in [2.45, 2.75) is 26.3 Å². The van der Waals surface area contributed by atoms with Crippen molar-refractivity contribution in [3.05, 3.63) is 58.6 Å². The number of rotatable bonds is 3. The standard InChI is InChI=1S/C20H19N3O2S/c1-2-19(24)23-8-7-13-3-5-16(9-15(13)11-23)22-20(25)14-4-6-17-18(10-14)26-12-21-17/h3-6,9-10,12H,2,7-8,11H2,1H3,(H,22,25). The second-order valence-electron chi connectivity index (χ2n) is 6.39. The second kappa shape index (κ2) is 6.88. The Bertz CT molecular complexity index is 996. The van der Waals surface area contributed by atoms with Gasteiger partial charge in [0.1, 0.15) is 0 Å². The topological polar surface area (TPSA) is 62.3 Å². The molecule has 2 aromatic carbocycles. The zero-order chi connectivity index (χ0) is 18.1. The van der Waals surface area contributed by atoms with Crippen molar-refractivity contribution in [3.8, 4) is 0 Å². The van der Waals surface area contributed by atoms with Gasteiger partial charge in [-0.25, -0.2) is 4.98 Å². The molecule has 2 heterocycles. The number of carbonyl (C=O) groups is 2. The lowest BCUT2D eigenvalue weighted by atomic mass is 9.98. The highest BCUT2D eigenvalue weighted by molar-refractivity contribution is 7.16. The smallest absolute Gasteiger partial charge is 0.255 e. The van der Waals surface area contributed by atoms with Gasteiger partial charge in [0.25, 0.3) is 5.91 Å². The number of fused-ring (bicyclic) bond motifs is 2. The number of amides is 2. The molecule has 0 saturated heterocycles. The van der Waals surface area contributed by atoms with Crippen LogP contribution in [0.3, 0.4) is 0 Å². The summed E-state index contributed by atoms with van der Waals surface area (Å²) in [5, 5.41) is 2.97. The summed E-state index contributed by atoms with van der Waals surface area (Å²) in [5.41, 5.74) is 6.40. The summed E-state index contributed by atoms with van der Waals surface area (Å²) in [4.78, 5) is 30.7. The van der Waals surface area contributed by atoms with E-state index < -0.39 is 0 Å². The zero-order valence-electron chi connectivity index (χ0n) is 14.5. The van der Waals surface area contributed by atoms with Crippen LogP contribution in [0, 0.1) is 0 Å². The Morgan fingerprint density at radius 2 is 2.08 bits per heavy atom. The zero-order valence-corrected chi connectivity index (χ0v) is 15.3. The van der Waals surface area contributed by atoms with E-state index >= 15 is 0 Å². The predicted molar refractivity (Wildman–Crippen MR) is 103 cm³/mol. The third kappa shape index (κ3) is 3.20. The van der Waals surface area contributed by atoms with Crippen LogP contribution in [0.15, 0.2) is 41.9 Å². The maximum atomic E-state index is 12.6. The fourth-order valence-corrected chi connectivity index (χ4v) is 3.99. The van der Waals surface area contributed by atoms with Crippen molar-refractivity contribution >= 4 is 39.1 Å². The third-order valence-electron chi connectivity index (χ3n) is 4.73.